The Balaban J connectivity index is 0.00000161. The number of carbonyl (C=O) groups is 1. The summed E-state index contributed by atoms with van der Waals surface area (Å²) in [6.45, 7) is 1.17. The van der Waals surface area contributed by atoms with E-state index in [1.165, 1.54) is 0 Å². The quantitative estimate of drug-likeness (QED) is 0.932. The van der Waals surface area contributed by atoms with Crippen LogP contribution in [0.1, 0.15) is 18.7 Å². The highest BCUT2D eigenvalue weighted by atomic mass is 35.5. The standard InChI is InChI=1S/C14H15N3O3.ClH/c18-14(19)11-7-4-8-17(11)9-12-15-13(20-16-12)10-5-2-1-3-6-10;/h1-3,5-6,11H,4,7-9H2,(H,18,19);1H/t11-;/m1./s1. The number of carboxylic acid groups (broad SMARTS) is 1. The van der Waals surface area contributed by atoms with Crippen molar-refractivity contribution in [3.05, 3.63) is 36.2 Å². The number of likely N-dealkylation sites (tertiary alicyclic amines) is 1. The summed E-state index contributed by atoms with van der Waals surface area (Å²) < 4.78 is 5.22. The molecule has 0 saturated carbocycles. The molecule has 1 aromatic heterocycles. The largest absolute Gasteiger partial charge is 0.480 e. The van der Waals surface area contributed by atoms with E-state index in [9.17, 15) is 4.79 Å². The lowest BCUT2D eigenvalue weighted by molar-refractivity contribution is -0.142. The van der Waals surface area contributed by atoms with Gasteiger partial charge in [0.05, 0.1) is 6.54 Å². The Bertz CT molecular complexity index is 603. The third kappa shape index (κ3) is 3.40. The van der Waals surface area contributed by atoms with Crippen LogP contribution in [0.5, 0.6) is 0 Å². The van der Waals surface area contributed by atoms with Gasteiger partial charge in [0.15, 0.2) is 5.82 Å². The molecule has 0 spiro atoms. The number of aromatic nitrogens is 2. The molecule has 1 N–H and O–H groups in total. The summed E-state index contributed by atoms with van der Waals surface area (Å²) in [5, 5.41) is 13.1. The van der Waals surface area contributed by atoms with E-state index >= 15 is 0 Å². The van der Waals surface area contributed by atoms with Crippen LogP contribution in [0.15, 0.2) is 34.9 Å². The zero-order valence-corrected chi connectivity index (χ0v) is 12.1. The monoisotopic (exact) mass is 309 g/mol. The molecule has 1 aliphatic heterocycles. The molecule has 2 heterocycles. The van der Waals surface area contributed by atoms with Crippen molar-refractivity contribution in [3.8, 4) is 11.5 Å². The van der Waals surface area contributed by atoms with Gasteiger partial charge in [-0.1, -0.05) is 23.4 Å². The molecule has 0 unspecified atom stereocenters. The number of rotatable bonds is 4. The van der Waals surface area contributed by atoms with Gasteiger partial charge in [-0.25, -0.2) is 0 Å². The highest BCUT2D eigenvalue weighted by Gasteiger charge is 2.31. The Morgan fingerprint density at radius 1 is 1.38 bits per heavy atom. The van der Waals surface area contributed by atoms with Crippen molar-refractivity contribution >= 4 is 18.4 Å². The molecule has 0 amide bonds. The first-order valence-corrected chi connectivity index (χ1v) is 6.59. The maximum atomic E-state index is 11.1. The highest BCUT2D eigenvalue weighted by molar-refractivity contribution is 5.85. The number of hydrogen-bond acceptors (Lipinski definition) is 5. The van der Waals surface area contributed by atoms with Gasteiger partial charge in [-0.15, -0.1) is 12.4 Å². The summed E-state index contributed by atoms with van der Waals surface area (Å²) in [6.07, 6.45) is 1.57. The van der Waals surface area contributed by atoms with Gasteiger partial charge in [0.1, 0.15) is 6.04 Å². The molecule has 7 heteroatoms. The molecule has 0 radical (unpaired) electrons. The normalized spacial score (nSPS) is 18.4. The fourth-order valence-electron chi connectivity index (χ4n) is 2.49. The van der Waals surface area contributed by atoms with E-state index in [1.54, 1.807) is 0 Å². The van der Waals surface area contributed by atoms with Gasteiger partial charge in [-0.05, 0) is 31.5 Å². The summed E-state index contributed by atoms with van der Waals surface area (Å²) in [5.41, 5.74) is 0.863. The minimum atomic E-state index is -0.783. The average molecular weight is 310 g/mol. The van der Waals surface area contributed by atoms with Gasteiger partial charge in [0.25, 0.3) is 5.89 Å². The predicted molar refractivity (Wildman–Crippen MR) is 78.0 cm³/mol. The van der Waals surface area contributed by atoms with Crippen molar-refractivity contribution in [1.82, 2.24) is 15.0 Å². The maximum absolute atomic E-state index is 11.1. The minimum absolute atomic E-state index is 0. The number of benzene rings is 1. The van der Waals surface area contributed by atoms with Gasteiger partial charge in [0.2, 0.25) is 0 Å². The van der Waals surface area contributed by atoms with Crippen molar-refractivity contribution in [1.29, 1.82) is 0 Å². The zero-order chi connectivity index (χ0) is 13.9. The molecule has 1 aliphatic rings. The number of halogens is 1. The molecule has 1 atom stereocenters. The van der Waals surface area contributed by atoms with E-state index in [0.29, 0.717) is 24.7 Å². The summed E-state index contributed by atoms with van der Waals surface area (Å²) in [5.74, 6) is 0.206. The lowest BCUT2D eigenvalue weighted by atomic mass is 10.2. The molecular formula is C14H16ClN3O3. The van der Waals surface area contributed by atoms with Gasteiger partial charge in [0, 0.05) is 5.56 Å². The number of carboxylic acids is 1. The topological polar surface area (TPSA) is 79.5 Å². The number of aliphatic carboxylic acids is 1. The molecule has 1 fully saturated rings. The number of hydrogen-bond donors (Lipinski definition) is 1. The smallest absolute Gasteiger partial charge is 0.320 e. The van der Waals surface area contributed by atoms with Gasteiger partial charge in [-0.3, -0.25) is 9.69 Å². The van der Waals surface area contributed by atoms with Crippen molar-refractivity contribution in [3.63, 3.8) is 0 Å². The molecule has 2 aromatic rings. The summed E-state index contributed by atoms with van der Waals surface area (Å²) >= 11 is 0. The van der Waals surface area contributed by atoms with Crippen LogP contribution in [-0.4, -0.2) is 38.7 Å². The predicted octanol–water partition coefficient (Wildman–Crippen LogP) is 2.21. The van der Waals surface area contributed by atoms with E-state index < -0.39 is 12.0 Å². The Kier molecular flexibility index (Phi) is 4.93. The zero-order valence-electron chi connectivity index (χ0n) is 11.3. The maximum Gasteiger partial charge on any atom is 0.320 e. The van der Waals surface area contributed by atoms with Crippen molar-refractivity contribution in [2.75, 3.05) is 6.54 Å². The van der Waals surface area contributed by atoms with Gasteiger partial charge >= 0.3 is 5.97 Å². The fourth-order valence-corrected chi connectivity index (χ4v) is 2.49. The van der Waals surface area contributed by atoms with E-state index in [-0.39, 0.29) is 12.4 Å². The Morgan fingerprint density at radius 2 is 2.14 bits per heavy atom. The van der Waals surface area contributed by atoms with Crippen molar-refractivity contribution in [2.45, 2.75) is 25.4 Å². The lowest BCUT2D eigenvalue weighted by Gasteiger charge is -2.18. The molecule has 112 valence electrons. The van der Waals surface area contributed by atoms with Crippen LogP contribution in [0, 0.1) is 0 Å². The Labute approximate surface area is 128 Å². The van der Waals surface area contributed by atoms with Crippen LogP contribution in [-0.2, 0) is 11.3 Å². The van der Waals surface area contributed by atoms with Crippen molar-refractivity contribution in [2.24, 2.45) is 0 Å². The first-order valence-electron chi connectivity index (χ1n) is 6.59. The second-order valence-corrected chi connectivity index (χ2v) is 4.85. The van der Waals surface area contributed by atoms with Crippen LogP contribution >= 0.6 is 12.4 Å². The first kappa shape index (κ1) is 15.5. The summed E-state index contributed by atoms with van der Waals surface area (Å²) in [7, 11) is 0. The summed E-state index contributed by atoms with van der Waals surface area (Å²) in [4.78, 5) is 17.3. The van der Waals surface area contributed by atoms with Gasteiger partial charge < -0.3 is 9.63 Å². The van der Waals surface area contributed by atoms with E-state index in [0.717, 1.165) is 18.5 Å². The molecule has 3 rings (SSSR count). The highest BCUT2D eigenvalue weighted by Crippen LogP contribution is 2.21. The molecule has 1 aromatic carbocycles. The molecule has 0 aliphatic carbocycles. The molecule has 1 saturated heterocycles. The van der Waals surface area contributed by atoms with Crippen LogP contribution in [0.3, 0.4) is 0 Å². The van der Waals surface area contributed by atoms with E-state index in [4.69, 9.17) is 9.63 Å². The summed E-state index contributed by atoms with van der Waals surface area (Å²) in [6, 6.07) is 9.08. The van der Waals surface area contributed by atoms with Crippen molar-refractivity contribution < 1.29 is 14.4 Å². The van der Waals surface area contributed by atoms with Gasteiger partial charge in [-0.2, -0.15) is 4.98 Å². The van der Waals surface area contributed by atoms with E-state index in [1.807, 2.05) is 35.2 Å². The van der Waals surface area contributed by atoms with Crippen LogP contribution in [0.2, 0.25) is 0 Å². The third-order valence-corrected chi connectivity index (χ3v) is 3.48. The average Bonchev–Trinajstić information content (AvgIpc) is 3.09. The van der Waals surface area contributed by atoms with Crippen LogP contribution < -0.4 is 0 Å². The molecule has 21 heavy (non-hydrogen) atoms. The van der Waals surface area contributed by atoms with Crippen LogP contribution in [0.25, 0.3) is 11.5 Å². The Morgan fingerprint density at radius 3 is 2.86 bits per heavy atom. The lowest BCUT2D eigenvalue weighted by Crippen LogP contribution is -2.35. The third-order valence-electron chi connectivity index (χ3n) is 3.48. The van der Waals surface area contributed by atoms with E-state index in [2.05, 4.69) is 10.1 Å². The second-order valence-electron chi connectivity index (χ2n) is 4.85. The molecule has 0 bridgehead atoms. The Hall–Kier alpha value is -1.92. The SMILES string of the molecule is Cl.O=C(O)[C@H]1CCCN1Cc1noc(-c2ccccc2)n1. The molecular weight excluding hydrogens is 294 g/mol. The minimum Gasteiger partial charge on any atom is -0.480 e. The second kappa shape index (κ2) is 6.69. The number of nitrogens with zero attached hydrogens (tertiary/aromatic N) is 3. The molecule has 6 nitrogen and oxygen atoms in total. The van der Waals surface area contributed by atoms with Crippen LogP contribution in [0.4, 0.5) is 0 Å². The first-order chi connectivity index (χ1) is 9.74. The fraction of sp³-hybridized carbons (Fsp3) is 0.357.